The molecule has 1 N–H and O–H groups in total. The van der Waals surface area contributed by atoms with Crippen molar-refractivity contribution in [3.63, 3.8) is 0 Å². The third kappa shape index (κ3) is 5.05. The van der Waals surface area contributed by atoms with Crippen LogP contribution in [0.1, 0.15) is 30.4 Å². The molecule has 0 aliphatic carbocycles. The van der Waals surface area contributed by atoms with Crippen LogP contribution in [-0.4, -0.2) is 72.5 Å². The van der Waals surface area contributed by atoms with E-state index < -0.39 is 0 Å². The summed E-state index contributed by atoms with van der Waals surface area (Å²) >= 11 is 0. The van der Waals surface area contributed by atoms with Crippen LogP contribution >= 0.6 is 0 Å². The molecular formula is C33H35N3O4. The molecule has 0 bridgehead atoms. The first-order valence-electron chi connectivity index (χ1n) is 14.4. The van der Waals surface area contributed by atoms with Gasteiger partial charge < -0.3 is 14.2 Å². The number of nitrogens with zero attached hydrogens (tertiary/aromatic N) is 2. The van der Waals surface area contributed by atoms with E-state index in [9.17, 15) is 4.79 Å². The van der Waals surface area contributed by atoms with Gasteiger partial charge in [-0.25, -0.2) is 0 Å². The first kappa shape index (κ1) is 25.4. The van der Waals surface area contributed by atoms with E-state index in [-0.39, 0.29) is 17.3 Å². The van der Waals surface area contributed by atoms with E-state index in [4.69, 9.17) is 14.2 Å². The monoisotopic (exact) mass is 537 g/mol. The van der Waals surface area contributed by atoms with Gasteiger partial charge in [-0.3, -0.25) is 14.8 Å². The number of carbonyl (C=O) groups is 1. The zero-order valence-corrected chi connectivity index (χ0v) is 22.7. The molecule has 3 fully saturated rings. The largest absolute Gasteiger partial charge is 0.490 e. The van der Waals surface area contributed by atoms with Crippen molar-refractivity contribution in [2.75, 3.05) is 39.5 Å². The number of hydrogen-bond acceptors (Lipinski definition) is 6. The lowest BCUT2D eigenvalue weighted by Gasteiger charge is -2.41. The van der Waals surface area contributed by atoms with Gasteiger partial charge >= 0.3 is 0 Å². The number of carbonyl (C=O) groups excluding carboxylic acids is 1. The van der Waals surface area contributed by atoms with E-state index in [1.54, 1.807) is 0 Å². The molecule has 3 aromatic carbocycles. The van der Waals surface area contributed by atoms with Gasteiger partial charge in [-0.05, 0) is 60.4 Å². The number of aromatic amines is 1. The molecular weight excluding hydrogens is 502 g/mol. The minimum absolute atomic E-state index is 0.199. The Labute approximate surface area is 234 Å². The van der Waals surface area contributed by atoms with Crippen LogP contribution in [0.3, 0.4) is 0 Å². The van der Waals surface area contributed by atoms with E-state index in [0.29, 0.717) is 32.1 Å². The molecule has 3 aliphatic rings. The van der Waals surface area contributed by atoms with Crippen molar-refractivity contribution in [2.45, 2.75) is 43.2 Å². The molecule has 1 aromatic heterocycles. The maximum atomic E-state index is 13.2. The fourth-order valence-corrected chi connectivity index (χ4v) is 6.25. The Morgan fingerprint density at radius 3 is 2.42 bits per heavy atom. The number of ether oxygens (including phenoxy) is 3. The van der Waals surface area contributed by atoms with Crippen molar-refractivity contribution in [2.24, 2.45) is 0 Å². The van der Waals surface area contributed by atoms with Gasteiger partial charge in [-0.2, -0.15) is 5.10 Å². The van der Waals surface area contributed by atoms with Crippen molar-refractivity contribution in [1.29, 1.82) is 0 Å². The molecule has 0 saturated carbocycles. The Balaban J connectivity index is 1.01. The predicted octanol–water partition coefficient (Wildman–Crippen LogP) is 4.94. The number of benzene rings is 3. The van der Waals surface area contributed by atoms with Crippen molar-refractivity contribution in [3.8, 4) is 17.0 Å². The summed E-state index contributed by atoms with van der Waals surface area (Å²) in [6, 6.07) is 25.2. The van der Waals surface area contributed by atoms with Crippen LogP contribution in [-0.2, 0) is 26.1 Å². The van der Waals surface area contributed by atoms with Gasteiger partial charge in [0.15, 0.2) is 0 Å². The number of rotatable bonds is 9. The lowest BCUT2D eigenvalue weighted by molar-refractivity contribution is -0.126. The fourth-order valence-electron chi connectivity index (χ4n) is 6.25. The van der Waals surface area contributed by atoms with Gasteiger partial charge in [0.05, 0.1) is 43.7 Å². The van der Waals surface area contributed by atoms with Crippen molar-refractivity contribution in [1.82, 2.24) is 15.1 Å². The number of piperidine rings is 1. The van der Waals surface area contributed by atoms with Crippen molar-refractivity contribution < 1.29 is 19.0 Å². The summed E-state index contributed by atoms with van der Waals surface area (Å²) in [5.74, 6) is 1.12. The molecule has 4 heterocycles. The third-order valence-electron chi connectivity index (χ3n) is 8.75. The number of ketones is 1. The molecule has 206 valence electrons. The minimum Gasteiger partial charge on any atom is -0.490 e. The van der Waals surface area contributed by atoms with E-state index >= 15 is 0 Å². The van der Waals surface area contributed by atoms with Crippen LogP contribution in [0.4, 0.5) is 0 Å². The lowest BCUT2D eigenvalue weighted by Crippen LogP contribution is -2.52. The molecule has 0 unspecified atom stereocenters. The van der Waals surface area contributed by atoms with Gasteiger partial charge in [0.1, 0.15) is 17.6 Å². The average molecular weight is 538 g/mol. The second-order valence-electron chi connectivity index (χ2n) is 11.6. The molecule has 0 radical (unpaired) electrons. The van der Waals surface area contributed by atoms with Crippen molar-refractivity contribution >= 4 is 16.7 Å². The highest BCUT2D eigenvalue weighted by atomic mass is 16.5. The Hall–Kier alpha value is -3.52. The number of fused-ring (bicyclic) bond motifs is 1. The lowest BCUT2D eigenvalue weighted by atomic mass is 9.74. The zero-order chi connectivity index (χ0) is 26.9. The maximum absolute atomic E-state index is 13.2. The highest BCUT2D eigenvalue weighted by Crippen LogP contribution is 2.36. The molecule has 7 heteroatoms. The number of H-pyrrole nitrogens is 1. The second-order valence-corrected chi connectivity index (χ2v) is 11.6. The SMILES string of the molecule is O=C(Cc1ccc2[nH]nc(-c3ccc(OC4CCN(C5COC5)CC4)cc3)c2c1)CC1(c2ccccc2)COC1. The molecule has 0 spiro atoms. The van der Waals surface area contributed by atoms with Gasteiger partial charge in [0.2, 0.25) is 0 Å². The van der Waals surface area contributed by atoms with Crippen LogP contribution in [0.5, 0.6) is 5.75 Å². The number of hydrogen-bond donors (Lipinski definition) is 1. The van der Waals surface area contributed by atoms with Gasteiger partial charge in [-0.1, -0.05) is 36.4 Å². The van der Waals surface area contributed by atoms with Crippen molar-refractivity contribution in [3.05, 3.63) is 83.9 Å². The number of nitrogens with one attached hydrogen (secondary N) is 1. The third-order valence-corrected chi connectivity index (χ3v) is 8.75. The normalized spacial score (nSPS) is 19.7. The summed E-state index contributed by atoms with van der Waals surface area (Å²) < 4.78 is 17.2. The standard InChI is InChI=1S/C33H35N3O4/c37-27(18-33(21-39-22-33)25-4-2-1-3-5-25)16-23-6-11-31-30(17-23)32(35-34-31)24-7-9-28(10-8-24)40-29-12-14-36(15-13-29)26-19-38-20-26/h1-11,17,26,29H,12-16,18-22H2,(H,34,35). The topological polar surface area (TPSA) is 76.7 Å². The highest BCUT2D eigenvalue weighted by molar-refractivity contribution is 5.94. The number of likely N-dealkylation sites (tertiary alicyclic amines) is 1. The molecule has 7 rings (SSSR count). The summed E-state index contributed by atoms with van der Waals surface area (Å²) in [5.41, 5.74) is 4.86. The summed E-state index contributed by atoms with van der Waals surface area (Å²) in [6.07, 6.45) is 3.23. The molecule has 0 amide bonds. The second kappa shape index (κ2) is 10.8. The van der Waals surface area contributed by atoms with Crippen LogP contribution in [0.25, 0.3) is 22.2 Å². The molecule has 7 nitrogen and oxygen atoms in total. The summed E-state index contributed by atoms with van der Waals surface area (Å²) in [5, 5.41) is 8.78. The predicted molar refractivity (Wildman–Crippen MR) is 154 cm³/mol. The first-order valence-corrected chi connectivity index (χ1v) is 14.4. The van der Waals surface area contributed by atoms with Gasteiger partial charge in [0, 0.05) is 42.3 Å². The molecule has 3 aliphatic heterocycles. The summed E-state index contributed by atoms with van der Waals surface area (Å²) in [7, 11) is 0. The highest BCUT2D eigenvalue weighted by Gasteiger charge is 2.41. The van der Waals surface area contributed by atoms with E-state index in [2.05, 4.69) is 45.4 Å². The van der Waals surface area contributed by atoms with Crippen LogP contribution < -0.4 is 4.74 Å². The molecule has 4 aromatic rings. The van der Waals surface area contributed by atoms with E-state index in [1.165, 1.54) is 5.56 Å². The first-order chi connectivity index (χ1) is 19.6. The fraction of sp³-hybridized carbons (Fsp3) is 0.394. The average Bonchev–Trinajstić information content (AvgIpc) is 3.35. The quantitative estimate of drug-likeness (QED) is 0.326. The van der Waals surface area contributed by atoms with E-state index in [0.717, 1.165) is 72.6 Å². The molecule has 40 heavy (non-hydrogen) atoms. The number of Topliss-reactive ketones (excluding diaryl/α,β-unsaturated/α-hetero) is 1. The minimum atomic E-state index is -0.199. The Morgan fingerprint density at radius 1 is 0.975 bits per heavy atom. The maximum Gasteiger partial charge on any atom is 0.138 e. The van der Waals surface area contributed by atoms with Crippen LogP contribution in [0, 0.1) is 0 Å². The molecule has 3 saturated heterocycles. The Kier molecular flexibility index (Phi) is 6.87. The summed E-state index contributed by atoms with van der Waals surface area (Å²) in [4.78, 5) is 15.7. The smallest absolute Gasteiger partial charge is 0.138 e. The van der Waals surface area contributed by atoms with Gasteiger partial charge in [0.25, 0.3) is 0 Å². The summed E-state index contributed by atoms with van der Waals surface area (Å²) in [6.45, 7) is 5.09. The number of aromatic nitrogens is 2. The Bertz CT molecular complexity index is 1470. The zero-order valence-electron chi connectivity index (χ0n) is 22.7. The van der Waals surface area contributed by atoms with E-state index in [1.807, 2.05) is 42.5 Å². The van der Waals surface area contributed by atoms with Crippen LogP contribution in [0.2, 0.25) is 0 Å². The molecule has 0 atom stereocenters. The Morgan fingerprint density at radius 2 is 1.75 bits per heavy atom. The van der Waals surface area contributed by atoms with Crippen LogP contribution in [0.15, 0.2) is 72.8 Å². The van der Waals surface area contributed by atoms with Gasteiger partial charge in [-0.15, -0.1) is 0 Å².